The largest absolute Gasteiger partial charge is 0.308 e. The highest BCUT2D eigenvalue weighted by Gasteiger charge is 2.35. The van der Waals surface area contributed by atoms with Crippen molar-refractivity contribution < 1.29 is 4.79 Å². The van der Waals surface area contributed by atoms with Crippen molar-refractivity contribution in [3.63, 3.8) is 0 Å². The van der Waals surface area contributed by atoms with Gasteiger partial charge >= 0.3 is 0 Å². The molecule has 0 aromatic carbocycles. The van der Waals surface area contributed by atoms with Crippen LogP contribution in [0.3, 0.4) is 0 Å². The average Bonchev–Trinajstić information content (AvgIpc) is 3.10. The first-order chi connectivity index (χ1) is 12.7. The third kappa shape index (κ3) is 3.64. The number of rotatable bonds is 4. The van der Waals surface area contributed by atoms with Gasteiger partial charge in [0.05, 0.1) is 23.6 Å². The quantitative estimate of drug-likeness (QED) is 0.824. The zero-order chi connectivity index (χ0) is 17.9. The van der Waals surface area contributed by atoms with Gasteiger partial charge in [0.25, 0.3) is 0 Å². The number of aryl methyl sites for hydroxylation is 1. The van der Waals surface area contributed by atoms with Crippen molar-refractivity contribution in [1.82, 2.24) is 24.6 Å². The van der Waals surface area contributed by atoms with Gasteiger partial charge in [0.1, 0.15) is 0 Å². The van der Waals surface area contributed by atoms with Crippen molar-refractivity contribution in [1.29, 1.82) is 0 Å². The van der Waals surface area contributed by atoms with E-state index in [-0.39, 0.29) is 11.9 Å². The molecule has 0 saturated carbocycles. The Bertz CT molecular complexity index is 737. The summed E-state index contributed by atoms with van der Waals surface area (Å²) in [6.45, 7) is 5.50. The van der Waals surface area contributed by atoms with Gasteiger partial charge in [-0.2, -0.15) is 5.10 Å². The predicted octanol–water partition coefficient (Wildman–Crippen LogP) is 1.13. The molecule has 2 fully saturated rings. The normalized spacial score (nSPS) is 22.7. The monoisotopic (exact) mass is 354 g/mol. The summed E-state index contributed by atoms with van der Waals surface area (Å²) < 4.78 is 1.75. The summed E-state index contributed by atoms with van der Waals surface area (Å²) in [5.74, 6) is 0.224. The van der Waals surface area contributed by atoms with Crippen LogP contribution in [0.25, 0.3) is 0 Å². The summed E-state index contributed by atoms with van der Waals surface area (Å²) in [5, 5.41) is 4.21. The van der Waals surface area contributed by atoms with E-state index >= 15 is 0 Å². The Kier molecular flexibility index (Phi) is 4.99. The lowest BCUT2D eigenvalue weighted by molar-refractivity contribution is -0.126. The minimum Gasteiger partial charge on any atom is -0.308 e. The molecule has 0 N–H and O–H groups in total. The molecule has 1 amide bonds. The van der Waals surface area contributed by atoms with E-state index in [0.717, 1.165) is 63.5 Å². The number of aromatic nitrogens is 3. The average molecular weight is 354 g/mol. The first-order valence-corrected chi connectivity index (χ1v) is 9.37. The molecule has 2 aromatic rings. The van der Waals surface area contributed by atoms with Gasteiger partial charge in [0, 0.05) is 58.7 Å². The number of anilines is 1. The van der Waals surface area contributed by atoms with E-state index in [1.807, 2.05) is 36.5 Å². The van der Waals surface area contributed by atoms with Crippen molar-refractivity contribution in [3.8, 4) is 0 Å². The second kappa shape index (κ2) is 7.55. The number of piperidine rings is 1. The fraction of sp³-hybridized carbons (Fsp3) is 0.526. The SMILES string of the molecule is Cn1cc(N2CCC[C@@H](N3CCN(Cc4ccccn4)CC3)C2=O)cn1. The molecule has 2 aliphatic rings. The topological polar surface area (TPSA) is 57.5 Å². The van der Waals surface area contributed by atoms with Gasteiger partial charge in [0.2, 0.25) is 5.91 Å². The number of hydrogen-bond donors (Lipinski definition) is 0. The Balaban J connectivity index is 1.35. The zero-order valence-corrected chi connectivity index (χ0v) is 15.3. The predicted molar refractivity (Wildman–Crippen MR) is 99.7 cm³/mol. The van der Waals surface area contributed by atoms with E-state index in [1.165, 1.54) is 0 Å². The summed E-state index contributed by atoms with van der Waals surface area (Å²) >= 11 is 0. The van der Waals surface area contributed by atoms with Crippen molar-refractivity contribution in [3.05, 3.63) is 42.5 Å². The van der Waals surface area contributed by atoms with Crippen LogP contribution in [0.5, 0.6) is 0 Å². The lowest BCUT2D eigenvalue weighted by Gasteiger charge is -2.42. The maximum absolute atomic E-state index is 13.0. The zero-order valence-electron chi connectivity index (χ0n) is 15.3. The maximum atomic E-state index is 13.0. The number of pyridine rings is 1. The first kappa shape index (κ1) is 17.2. The van der Waals surface area contributed by atoms with Gasteiger partial charge in [-0.15, -0.1) is 0 Å². The second-order valence-corrected chi connectivity index (χ2v) is 7.15. The van der Waals surface area contributed by atoms with Crippen LogP contribution < -0.4 is 4.90 Å². The summed E-state index contributed by atoms with van der Waals surface area (Å²) in [6, 6.07) is 6.06. The Morgan fingerprint density at radius 3 is 2.69 bits per heavy atom. The van der Waals surface area contributed by atoms with Crippen LogP contribution in [-0.2, 0) is 18.4 Å². The van der Waals surface area contributed by atoms with Gasteiger partial charge in [-0.05, 0) is 25.0 Å². The van der Waals surface area contributed by atoms with Gasteiger partial charge < -0.3 is 4.90 Å². The van der Waals surface area contributed by atoms with Gasteiger partial charge in [-0.3, -0.25) is 24.3 Å². The van der Waals surface area contributed by atoms with E-state index < -0.39 is 0 Å². The van der Waals surface area contributed by atoms with Crippen molar-refractivity contribution >= 4 is 11.6 Å². The third-order valence-electron chi connectivity index (χ3n) is 5.37. The fourth-order valence-corrected chi connectivity index (χ4v) is 3.95. The van der Waals surface area contributed by atoms with Gasteiger partial charge in [0.15, 0.2) is 0 Å². The molecule has 2 aromatic heterocycles. The lowest BCUT2D eigenvalue weighted by atomic mass is 10.0. The fourth-order valence-electron chi connectivity index (χ4n) is 3.95. The molecule has 4 rings (SSSR count). The summed E-state index contributed by atoms with van der Waals surface area (Å²) in [6.07, 6.45) is 7.55. The van der Waals surface area contributed by atoms with E-state index in [1.54, 1.807) is 10.9 Å². The second-order valence-electron chi connectivity index (χ2n) is 7.15. The summed E-state index contributed by atoms with van der Waals surface area (Å²) in [5.41, 5.74) is 2.02. The number of piperazine rings is 1. The van der Waals surface area contributed by atoms with Crippen LogP contribution >= 0.6 is 0 Å². The Morgan fingerprint density at radius 2 is 2.00 bits per heavy atom. The molecule has 0 aliphatic carbocycles. The minimum absolute atomic E-state index is 0.000886. The van der Waals surface area contributed by atoms with Crippen molar-refractivity contribution in [2.75, 3.05) is 37.6 Å². The van der Waals surface area contributed by atoms with Crippen LogP contribution in [-0.4, -0.2) is 69.2 Å². The highest BCUT2D eigenvalue weighted by atomic mass is 16.2. The van der Waals surface area contributed by atoms with Crippen LogP contribution in [0.1, 0.15) is 18.5 Å². The van der Waals surface area contributed by atoms with Crippen LogP contribution in [0.2, 0.25) is 0 Å². The Labute approximate surface area is 154 Å². The summed E-state index contributed by atoms with van der Waals surface area (Å²) in [4.78, 5) is 24.1. The molecule has 0 unspecified atom stereocenters. The molecular weight excluding hydrogens is 328 g/mol. The van der Waals surface area contributed by atoms with E-state index in [9.17, 15) is 4.79 Å². The Hall–Kier alpha value is -2.25. The number of carbonyl (C=O) groups excluding carboxylic acids is 1. The van der Waals surface area contributed by atoms with E-state index in [2.05, 4.69) is 25.9 Å². The molecule has 26 heavy (non-hydrogen) atoms. The third-order valence-corrected chi connectivity index (χ3v) is 5.37. The molecule has 2 aliphatic heterocycles. The molecule has 0 radical (unpaired) electrons. The van der Waals surface area contributed by atoms with Crippen molar-refractivity contribution in [2.45, 2.75) is 25.4 Å². The molecular formula is C19H26N6O. The van der Waals surface area contributed by atoms with Crippen molar-refractivity contribution in [2.24, 2.45) is 7.05 Å². The molecule has 7 nitrogen and oxygen atoms in total. The highest BCUT2D eigenvalue weighted by Crippen LogP contribution is 2.24. The lowest BCUT2D eigenvalue weighted by Crippen LogP contribution is -2.57. The highest BCUT2D eigenvalue weighted by molar-refractivity contribution is 5.97. The number of carbonyl (C=O) groups is 1. The Morgan fingerprint density at radius 1 is 1.15 bits per heavy atom. The molecule has 7 heteroatoms. The summed E-state index contributed by atoms with van der Waals surface area (Å²) in [7, 11) is 1.89. The smallest absolute Gasteiger partial charge is 0.244 e. The number of hydrogen-bond acceptors (Lipinski definition) is 5. The number of nitrogens with zero attached hydrogens (tertiary/aromatic N) is 6. The van der Waals surface area contributed by atoms with Crippen LogP contribution in [0.4, 0.5) is 5.69 Å². The van der Waals surface area contributed by atoms with Crippen LogP contribution in [0.15, 0.2) is 36.8 Å². The number of amides is 1. The molecule has 0 spiro atoms. The van der Waals surface area contributed by atoms with Crippen LogP contribution in [0, 0.1) is 0 Å². The molecule has 4 heterocycles. The minimum atomic E-state index is 0.000886. The molecule has 138 valence electrons. The molecule has 0 bridgehead atoms. The molecule has 1 atom stereocenters. The van der Waals surface area contributed by atoms with Gasteiger partial charge in [-0.25, -0.2) is 0 Å². The standard InChI is InChI=1S/C19H26N6O/c1-22-15-17(13-21-22)25-8-4-6-18(19(25)26)24-11-9-23(10-12-24)14-16-5-2-3-7-20-16/h2-3,5,7,13,15,18H,4,6,8-12,14H2,1H3/t18-/m1/s1. The molecule has 2 saturated heterocycles. The first-order valence-electron chi connectivity index (χ1n) is 9.37. The van der Waals surface area contributed by atoms with E-state index in [4.69, 9.17) is 0 Å². The van der Waals surface area contributed by atoms with E-state index in [0.29, 0.717) is 0 Å². The van der Waals surface area contributed by atoms with Gasteiger partial charge in [-0.1, -0.05) is 6.07 Å². The maximum Gasteiger partial charge on any atom is 0.244 e.